The Morgan fingerprint density at radius 1 is 1.43 bits per heavy atom. The van der Waals surface area contributed by atoms with Gasteiger partial charge in [-0.3, -0.25) is 14.3 Å². The van der Waals surface area contributed by atoms with E-state index in [1.807, 2.05) is 15.6 Å². The average Bonchev–Trinajstić information content (AvgIpc) is 3.11. The lowest BCUT2D eigenvalue weighted by Gasteiger charge is -2.22. The van der Waals surface area contributed by atoms with E-state index in [0.717, 1.165) is 51.0 Å². The molecule has 21 heavy (non-hydrogen) atoms. The van der Waals surface area contributed by atoms with Crippen molar-refractivity contribution in [2.45, 2.75) is 38.6 Å². The highest BCUT2D eigenvalue weighted by Gasteiger charge is 2.25. The molecular formula is C15H22N4O2. The Morgan fingerprint density at radius 3 is 3.14 bits per heavy atom. The van der Waals surface area contributed by atoms with Gasteiger partial charge in [0.05, 0.1) is 0 Å². The normalized spacial score (nSPS) is 21.4. The van der Waals surface area contributed by atoms with Gasteiger partial charge in [-0.25, -0.2) is 0 Å². The molecule has 1 atom stereocenters. The van der Waals surface area contributed by atoms with E-state index < -0.39 is 0 Å². The lowest BCUT2D eigenvalue weighted by Crippen LogP contribution is -2.37. The minimum absolute atomic E-state index is 0.0580. The predicted molar refractivity (Wildman–Crippen MR) is 77.5 cm³/mol. The van der Waals surface area contributed by atoms with E-state index in [2.05, 4.69) is 10.4 Å². The Balaban J connectivity index is 1.38. The third-order valence-electron chi connectivity index (χ3n) is 4.40. The second-order valence-electron chi connectivity index (χ2n) is 5.86. The number of likely N-dealkylation sites (tertiary alicyclic amines) is 1. The van der Waals surface area contributed by atoms with Crippen molar-refractivity contribution in [1.29, 1.82) is 0 Å². The van der Waals surface area contributed by atoms with Crippen LogP contribution in [0.1, 0.15) is 31.4 Å². The van der Waals surface area contributed by atoms with E-state index in [9.17, 15) is 9.59 Å². The van der Waals surface area contributed by atoms with Crippen molar-refractivity contribution < 1.29 is 9.59 Å². The molecule has 0 saturated carbocycles. The van der Waals surface area contributed by atoms with Crippen LogP contribution in [0.5, 0.6) is 0 Å². The van der Waals surface area contributed by atoms with Crippen LogP contribution in [0.25, 0.3) is 0 Å². The average molecular weight is 290 g/mol. The number of hydrogen-bond donors (Lipinski definition) is 1. The summed E-state index contributed by atoms with van der Waals surface area (Å²) in [6, 6.07) is 1.98. The van der Waals surface area contributed by atoms with Crippen LogP contribution in [0.2, 0.25) is 0 Å². The molecule has 1 fully saturated rings. The summed E-state index contributed by atoms with van der Waals surface area (Å²) in [6.07, 6.45) is 5.91. The number of nitrogens with one attached hydrogen (secondary N) is 1. The maximum atomic E-state index is 12.2. The van der Waals surface area contributed by atoms with E-state index in [4.69, 9.17) is 0 Å². The van der Waals surface area contributed by atoms with E-state index in [1.54, 1.807) is 6.20 Å². The number of carbonyl (C=O) groups is 2. The minimum Gasteiger partial charge on any atom is -0.356 e. The molecular weight excluding hydrogens is 268 g/mol. The molecule has 0 aliphatic carbocycles. The Hall–Kier alpha value is -1.85. The van der Waals surface area contributed by atoms with Crippen LogP contribution in [0.15, 0.2) is 12.3 Å². The zero-order valence-corrected chi connectivity index (χ0v) is 12.3. The molecule has 1 unspecified atom stereocenters. The summed E-state index contributed by atoms with van der Waals surface area (Å²) in [4.78, 5) is 25.5. The van der Waals surface area contributed by atoms with Crippen LogP contribution in [-0.4, -0.2) is 46.1 Å². The van der Waals surface area contributed by atoms with Gasteiger partial charge in [0.1, 0.15) is 0 Å². The largest absolute Gasteiger partial charge is 0.356 e. The van der Waals surface area contributed by atoms with Gasteiger partial charge in [-0.15, -0.1) is 0 Å². The fourth-order valence-electron chi connectivity index (χ4n) is 3.16. The summed E-state index contributed by atoms with van der Waals surface area (Å²) in [6.45, 7) is 3.11. The van der Waals surface area contributed by atoms with E-state index in [-0.39, 0.29) is 17.7 Å². The highest BCUT2D eigenvalue weighted by atomic mass is 16.2. The molecule has 6 nitrogen and oxygen atoms in total. The highest BCUT2D eigenvalue weighted by molar-refractivity contribution is 5.79. The predicted octanol–water partition coefficient (Wildman–Crippen LogP) is 0.574. The molecule has 2 aliphatic heterocycles. The van der Waals surface area contributed by atoms with E-state index >= 15 is 0 Å². The maximum Gasteiger partial charge on any atom is 0.223 e. The van der Waals surface area contributed by atoms with Crippen LogP contribution in [0.4, 0.5) is 0 Å². The van der Waals surface area contributed by atoms with Crippen molar-refractivity contribution in [3.05, 3.63) is 18.0 Å². The molecule has 1 aromatic heterocycles. The molecule has 3 heterocycles. The molecule has 2 amide bonds. The summed E-state index contributed by atoms with van der Waals surface area (Å²) >= 11 is 0. The molecule has 2 aliphatic rings. The van der Waals surface area contributed by atoms with Gasteiger partial charge in [-0.1, -0.05) is 0 Å². The summed E-state index contributed by atoms with van der Waals surface area (Å²) in [5.41, 5.74) is 1.14. The molecule has 0 spiro atoms. The molecule has 1 aromatic rings. The van der Waals surface area contributed by atoms with E-state index in [1.165, 1.54) is 0 Å². The minimum atomic E-state index is 0.0580. The fraction of sp³-hybridized carbons (Fsp3) is 0.667. The van der Waals surface area contributed by atoms with Crippen molar-refractivity contribution in [3.63, 3.8) is 0 Å². The first-order valence-corrected chi connectivity index (χ1v) is 7.80. The van der Waals surface area contributed by atoms with Gasteiger partial charge in [0.25, 0.3) is 0 Å². The van der Waals surface area contributed by atoms with Crippen LogP contribution in [0, 0.1) is 5.92 Å². The fourth-order valence-corrected chi connectivity index (χ4v) is 3.16. The molecule has 3 rings (SSSR count). The van der Waals surface area contributed by atoms with Gasteiger partial charge in [0, 0.05) is 56.8 Å². The first-order valence-electron chi connectivity index (χ1n) is 7.80. The number of hydrogen-bond acceptors (Lipinski definition) is 3. The third-order valence-corrected chi connectivity index (χ3v) is 4.40. The Labute approximate surface area is 124 Å². The van der Waals surface area contributed by atoms with Gasteiger partial charge in [-0.05, 0) is 25.3 Å². The summed E-state index contributed by atoms with van der Waals surface area (Å²) in [7, 11) is 0. The molecule has 0 radical (unpaired) electrons. The van der Waals surface area contributed by atoms with Crippen molar-refractivity contribution >= 4 is 11.8 Å². The van der Waals surface area contributed by atoms with Crippen LogP contribution >= 0.6 is 0 Å². The topological polar surface area (TPSA) is 67.2 Å². The summed E-state index contributed by atoms with van der Waals surface area (Å²) in [5, 5.41) is 7.23. The van der Waals surface area contributed by atoms with Gasteiger partial charge in [0.15, 0.2) is 0 Å². The molecule has 0 aromatic carbocycles. The van der Waals surface area contributed by atoms with Crippen molar-refractivity contribution in [2.24, 2.45) is 5.92 Å². The summed E-state index contributed by atoms with van der Waals surface area (Å²) in [5.74, 6) is 0.444. The van der Waals surface area contributed by atoms with Crippen LogP contribution in [0.3, 0.4) is 0 Å². The first kappa shape index (κ1) is 14.1. The number of amides is 2. The Kier molecular flexibility index (Phi) is 4.22. The Morgan fingerprint density at radius 2 is 2.33 bits per heavy atom. The number of rotatable bonds is 5. The Bertz CT molecular complexity index is 525. The maximum absolute atomic E-state index is 12.2. The molecule has 1 N–H and O–H groups in total. The van der Waals surface area contributed by atoms with Crippen molar-refractivity contribution in [2.75, 3.05) is 19.6 Å². The van der Waals surface area contributed by atoms with Gasteiger partial charge in [-0.2, -0.15) is 5.10 Å². The number of fused-ring (bicyclic) bond motifs is 1. The molecule has 114 valence electrons. The lowest BCUT2D eigenvalue weighted by molar-refractivity contribution is -0.127. The number of carbonyl (C=O) groups excluding carboxylic acids is 2. The van der Waals surface area contributed by atoms with E-state index in [0.29, 0.717) is 13.0 Å². The zero-order chi connectivity index (χ0) is 14.7. The smallest absolute Gasteiger partial charge is 0.223 e. The highest BCUT2D eigenvalue weighted by Crippen LogP contribution is 2.19. The number of aromatic nitrogens is 2. The lowest BCUT2D eigenvalue weighted by atomic mass is 9.95. The van der Waals surface area contributed by atoms with Crippen LogP contribution in [-0.2, 0) is 22.6 Å². The number of aryl methyl sites for hydroxylation is 1. The first-order chi connectivity index (χ1) is 10.2. The molecule has 1 saturated heterocycles. The van der Waals surface area contributed by atoms with Crippen molar-refractivity contribution in [3.8, 4) is 0 Å². The third kappa shape index (κ3) is 3.25. The summed E-state index contributed by atoms with van der Waals surface area (Å²) < 4.78 is 1.97. The molecule has 6 heteroatoms. The SMILES string of the molecule is O=C(NCCCN1CCCC1=O)C1CCn2nccc2C1. The quantitative estimate of drug-likeness (QED) is 0.806. The molecule has 0 bridgehead atoms. The zero-order valence-electron chi connectivity index (χ0n) is 12.3. The van der Waals surface area contributed by atoms with Gasteiger partial charge < -0.3 is 10.2 Å². The van der Waals surface area contributed by atoms with Gasteiger partial charge >= 0.3 is 0 Å². The second kappa shape index (κ2) is 6.28. The number of nitrogens with zero attached hydrogens (tertiary/aromatic N) is 3. The van der Waals surface area contributed by atoms with Gasteiger partial charge in [0.2, 0.25) is 11.8 Å². The van der Waals surface area contributed by atoms with Crippen molar-refractivity contribution in [1.82, 2.24) is 20.0 Å². The monoisotopic (exact) mass is 290 g/mol. The van der Waals surface area contributed by atoms with Crippen LogP contribution < -0.4 is 5.32 Å². The standard InChI is InChI=1S/C15H22N4O2/c20-14-3-1-8-18(14)9-2-6-16-15(21)12-5-10-19-13(11-12)4-7-17-19/h4,7,12H,1-3,5-6,8-11H2,(H,16,21). The second-order valence-corrected chi connectivity index (χ2v) is 5.86.